The molecule has 2 atom stereocenters. The standard InChI is InChI=1S/C23H32N4O6/c1-22(2,3)32-21(30)25-10-5-11-27-14-17(13-26-27)15-6-8-18-16(12-15)7-9-19(31-18)23(4,33-24)20(28)29/h6,8,12-14,19H,5,7,9-11,24H2,1-4H3,(H,25,30)(H,28,29). The van der Waals surface area contributed by atoms with Gasteiger partial charge in [-0.1, -0.05) is 6.07 Å². The number of nitrogens with one attached hydrogen (secondary N) is 1. The van der Waals surface area contributed by atoms with Gasteiger partial charge in [0.25, 0.3) is 0 Å². The maximum Gasteiger partial charge on any atom is 0.407 e. The summed E-state index contributed by atoms with van der Waals surface area (Å²) in [5.74, 6) is 4.71. The van der Waals surface area contributed by atoms with Gasteiger partial charge in [0.2, 0.25) is 5.60 Å². The SMILES string of the molecule is CC(C)(C)OC(=O)NCCCn1cc(-c2ccc3c(c2)CCC(C(C)(ON)C(=O)O)O3)cn1. The van der Waals surface area contributed by atoms with E-state index in [2.05, 4.69) is 10.4 Å². The Labute approximate surface area is 193 Å². The molecule has 2 unspecified atom stereocenters. The van der Waals surface area contributed by atoms with Crippen molar-refractivity contribution in [2.24, 2.45) is 5.90 Å². The van der Waals surface area contributed by atoms with Crippen LogP contribution in [0.2, 0.25) is 0 Å². The van der Waals surface area contributed by atoms with Crippen LogP contribution in [0, 0.1) is 0 Å². The number of rotatable bonds is 8. The van der Waals surface area contributed by atoms with Crippen LogP contribution < -0.4 is 16.0 Å². The number of nitrogens with two attached hydrogens (primary N) is 1. The van der Waals surface area contributed by atoms with Crippen LogP contribution in [0.15, 0.2) is 30.6 Å². The lowest BCUT2D eigenvalue weighted by Crippen LogP contribution is -2.54. The summed E-state index contributed by atoms with van der Waals surface area (Å²) >= 11 is 0. The van der Waals surface area contributed by atoms with E-state index in [1.54, 1.807) is 6.20 Å². The number of aliphatic carboxylic acids is 1. The van der Waals surface area contributed by atoms with Gasteiger partial charge in [-0.15, -0.1) is 0 Å². The average Bonchev–Trinajstić information content (AvgIpc) is 3.23. The summed E-state index contributed by atoms with van der Waals surface area (Å²) in [6, 6.07) is 5.77. The summed E-state index contributed by atoms with van der Waals surface area (Å²) in [4.78, 5) is 28.0. The van der Waals surface area contributed by atoms with E-state index in [1.165, 1.54) is 6.92 Å². The van der Waals surface area contributed by atoms with E-state index in [0.717, 1.165) is 16.7 Å². The van der Waals surface area contributed by atoms with Crippen LogP contribution in [-0.4, -0.2) is 50.8 Å². The fourth-order valence-electron chi connectivity index (χ4n) is 3.60. The molecule has 10 nitrogen and oxygen atoms in total. The Bertz CT molecular complexity index is 999. The lowest BCUT2D eigenvalue weighted by atomic mass is 9.90. The van der Waals surface area contributed by atoms with Gasteiger partial charge < -0.3 is 19.9 Å². The smallest absolute Gasteiger partial charge is 0.407 e. The zero-order valence-corrected chi connectivity index (χ0v) is 19.5. The minimum absolute atomic E-state index is 0.427. The molecule has 2 heterocycles. The Morgan fingerprint density at radius 1 is 1.30 bits per heavy atom. The molecule has 3 rings (SSSR count). The van der Waals surface area contributed by atoms with Crippen molar-refractivity contribution in [3.8, 4) is 16.9 Å². The molecule has 180 valence electrons. The number of hydrogen-bond acceptors (Lipinski definition) is 7. The fourth-order valence-corrected chi connectivity index (χ4v) is 3.60. The Morgan fingerprint density at radius 3 is 2.73 bits per heavy atom. The molecule has 10 heteroatoms. The normalized spacial score (nSPS) is 17.4. The number of alkyl carbamates (subject to hydrolysis) is 1. The highest BCUT2D eigenvalue weighted by atomic mass is 16.7. The van der Waals surface area contributed by atoms with E-state index in [1.807, 2.05) is 49.8 Å². The number of ether oxygens (including phenoxy) is 2. The summed E-state index contributed by atoms with van der Waals surface area (Å²) < 4.78 is 13.0. The molecule has 1 aromatic carbocycles. The summed E-state index contributed by atoms with van der Waals surface area (Å²) in [6.07, 6.45) is 4.46. The molecule has 33 heavy (non-hydrogen) atoms. The highest BCUT2D eigenvalue weighted by Crippen LogP contribution is 2.35. The van der Waals surface area contributed by atoms with Gasteiger partial charge in [0.1, 0.15) is 17.5 Å². The van der Waals surface area contributed by atoms with Crippen LogP contribution in [0.3, 0.4) is 0 Å². The third-order valence-electron chi connectivity index (χ3n) is 5.49. The Balaban J connectivity index is 1.57. The predicted molar refractivity (Wildman–Crippen MR) is 121 cm³/mol. The minimum Gasteiger partial charge on any atom is -0.486 e. The molecular formula is C23H32N4O6. The molecular weight excluding hydrogens is 428 g/mol. The van der Waals surface area contributed by atoms with Crippen LogP contribution in [0.4, 0.5) is 4.79 Å². The van der Waals surface area contributed by atoms with Crippen molar-refractivity contribution in [1.29, 1.82) is 0 Å². The first-order valence-electron chi connectivity index (χ1n) is 10.9. The third-order valence-corrected chi connectivity index (χ3v) is 5.49. The number of carbonyl (C=O) groups is 2. The van der Waals surface area contributed by atoms with Crippen molar-refractivity contribution >= 4 is 12.1 Å². The number of nitrogens with zero attached hydrogens (tertiary/aromatic N) is 2. The first-order valence-corrected chi connectivity index (χ1v) is 10.9. The maximum atomic E-state index is 11.7. The molecule has 0 fully saturated rings. The van der Waals surface area contributed by atoms with Gasteiger partial charge in [-0.05, 0) is 70.2 Å². The summed E-state index contributed by atoms with van der Waals surface area (Å²) in [5.41, 5.74) is 0.805. The molecule has 0 radical (unpaired) electrons. The van der Waals surface area contributed by atoms with Crippen molar-refractivity contribution < 1.29 is 29.0 Å². The van der Waals surface area contributed by atoms with Crippen molar-refractivity contribution in [1.82, 2.24) is 15.1 Å². The molecule has 0 aliphatic carbocycles. The van der Waals surface area contributed by atoms with Crippen LogP contribution >= 0.6 is 0 Å². The molecule has 1 amide bonds. The van der Waals surface area contributed by atoms with Crippen molar-refractivity contribution in [2.75, 3.05) is 6.54 Å². The highest BCUT2D eigenvalue weighted by Gasteiger charge is 2.46. The van der Waals surface area contributed by atoms with Crippen molar-refractivity contribution in [2.45, 2.75) is 70.8 Å². The van der Waals surface area contributed by atoms with Crippen molar-refractivity contribution in [3.05, 3.63) is 36.2 Å². The number of amides is 1. The second-order valence-electron chi connectivity index (χ2n) is 9.27. The zero-order valence-electron chi connectivity index (χ0n) is 19.5. The first-order chi connectivity index (χ1) is 15.5. The second kappa shape index (κ2) is 9.80. The largest absolute Gasteiger partial charge is 0.486 e. The van der Waals surface area contributed by atoms with E-state index >= 15 is 0 Å². The van der Waals surface area contributed by atoms with Gasteiger partial charge in [0, 0.05) is 24.8 Å². The number of carboxylic acids is 1. The quantitative estimate of drug-likeness (QED) is 0.404. The lowest BCUT2D eigenvalue weighted by Gasteiger charge is -2.35. The number of hydrogen-bond donors (Lipinski definition) is 3. The average molecular weight is 461 g/mol. The molecule has 0 saturated carbocycles. The van der Waals surface area contributed by atoms with E-state index in [4.69, 9.17) is 20.2 Å². The van der Waals surface area contributed by atoms with E-state index in [-0.39, 0.29) is 0 Å². The number of aromatic nitrogens is 2. The third kappa shape index (κ3) is 6.02. The molecule has 1 aliphatic rings. The fraction of sp³-hybridized carbons (Fsp3) is 0.522. The van der Waals surface area contributed by atoms with Crippen LogP contribution in [0.5, 0.6) is 5.75 Å². The molecule has 0 saturated heterocycles. The summed E-state index contributed by atoms with van der Waals surface area (Å²) in [5, 5.41) is 16.6. The van der Waals surface area contributed by atoms with Gasteiger partial charge in [-0.25, -0.2) is 15.5 Å². The Kier molecular flexibility index (Phi) is 7.28. The van der Waals surface area contributed by atoms with Gasteiger partial charge in [-0.3, -0.25) is 9.52 Å². The number of benzene rings is 1. The van der Waals surface area contributed by atoms with E-state index < -0.39 is 29.4 Å². The van der Waals surface area contributed by atoms with Crippen LogP contribution in [-0.2, 0) is 27.3 Å². The number of carboxylic acid groups (broad SMARTS) is 1. The number of carbonyl (C=O) groups excluding carboxylic acids is 1. The molecule has 2 aromatic rings. The monoisotopic (exact) mass is 460 g/mol. The molecule has 4 N–H and O–H groups in total. The minimum atomic E-state index is -1.62. The molecule has 0 bridgehead atoms. The second-order valence-corrected chi connectivity index (χ2v) is 9.27. The summed E-state index contributed by atoms with van der Waals surface area (Å²) in [6.45, 7) is 8.03. The topological polar surface area (TPSA) is 138 Å². The van der Waals surface area contributed by atoms with Gasteiger partial charge in [-0.2, -0.15) is 5.10 Å². The van der Waals surface area contributed by atoms with E-state index in [9.17, 15) is 14.7 Å². The lowest BCUT2D eigenvalue weighted by molar-refractivity contribution is -0.179. The Hall–Kier alpha value is -3.11. The van der Waals surface area contributed by atoms with E-state index in [0.29, 0.717) is 38.1 Å². The predicted octanol–water partition coefficient (Wildman–Crippen LogP) is 2.89. The molecule has 1 aromatic heterocycles. The van der Waals surface area contributed by atoms with Crippen molar-refractivity contribution in [3.63, 3.8) is 0 Å². The Morgan fingerprint density at radius 2 is 2.06 bits per heavy atom. The zero-order chi connectivity index (χ0) is 24.2. The highest BCUT2D eigenvalue weighted by molar-refractivity contribution is 5.78. The van der Waals surface area contributed by atoms with Gasteiger partial charge >= 0.3 is 12.1 Å². The van der Waals surface area contributed by atoms with Crippen LogP contribution in [0.1, 0.15) is 46.1 Å². The summed E-state index contributed by atoms with van der Waals surface area (Å²) in [7, 11) is 0. The van der Waals surface area contributed by atoms with Gasteiger partial charge in [0.05, 0.1) is 6.20 Å². The number of fused-ring (bicyclic) bond motifs is 1. The number of aryl methyl sites for hydroxylation is 2. The van der Waals surface area contributed by atoms with Crippen LogP contribution in [0.25, 0.3) is 11.1 Å². The molecule has 1 aliphatic heterocycles. The first kappa shape index (κ1) is 24.5. The van der Waals surface area contributed by atoms with Gasteiger partial charge in [0.15, 0.2) is 0 Å². The molecule has 0 spiro atoms. The maximum absolute atomic E-state index is 11.7.